The number of phenolic OH excluding ortho intramolecular Hbond substituents is 1. The summed E-state index contributed by atoms with van der Waals surface area (Å²) < 4.78 is 0. The van der Waals surface area contributed by atoms with Crippen molar-refractivity contribution in [3.05, 3.63) is 29.8 Å². The molecule has 0 aliphatic carbocycles. The maximum Gasteiger partial charge on any atom is 0.115 e. The Labute approximate surface area is 116 Å². The number of nitrogens with zero attached hydrogens (tertiary/aromatic N) is 1. The predicted molar refractivity (Wildman–Crippen MR) is 79.5 cm³/mol. The lowest BCUT2D eigenvalue weighted by molar-refractivity contribution is 0.110. The van der Waals surface area contributed by atoms with E-state index >= 15 is 0 Å². The van der Waals surface area contributed by atoms with E-state index in [2.05, 4.69) is 30.1 Å². The highest BCUT2D eigenvalue weighted by atomic mass is 16.3. The van der Waals surface area contributed by atoms with Crippen molar-refractivity contribution in [1.82, 2.24) is 10.2 Å². The van der Waals surface area contributed by atoms with Gasteiger partial charge in [0.1, 0.15) is 5.75 Å². The standard InChI is InChI=1S/C16H26N2O/c1-16(2,18-9-4-5-10-18)15(17-3)12-13-7-6-8-14(19)11-13/h6-8,11,15,17,19H,4-5,9-10,12H2,1-3H3. The lowest BCUT2D eigenvalue weighted by Crippen LogP contribution is -2.57. The van der Waals surface area contributed by atoms with E-state index in [1.807, 2.05) is 19.2 Å². The second kappa shape index (κ2) is 5.93. The molecule has 0 amide bonds. The van der Waals surface area contributed by atoms with Gasteiger partial charge in [-0.25, -0.2) is 0 Å². The van der Waals surface area contributed by atoms with Crippen molar-refractivity contribution in [2.24, 2.45) is 0 Å². The summed E-state index contributed by atoms with van der Waals surface area (Å²) in [7, 11) is 2.03. The third kappa shape index (κ3) is 3.28. The lowest BCUT2D eigenvalue weighted by Gasteiger charge is -2.42. The molecular formula is C16H26N2O. The Balaban J connectivity index is 2.10. The molecule has 1 aromatic carbocycles. The molecule has 1 atom stereocenters. The van der Waals surface area contributed by atoms with Gasteiger partial charge >= 0.3 is 0 Å². The first-order chi connectivity index (χ1) is 9.04. The Bertz CT molecular complexity index is 411. The number of benzene rings is 1. The molecule has 0 aromatic heterocycles. The Morgan fingerprint density at radius 3 is 2.58 bits per heavy atom. The number of aromatic hydroxyl groups is 1. The Morgan fingerprint density at radius 1 is 1.32 bits per heavy atom. The molecule has 1 fully saturated rings. The van der Waals surface area contributed by atoms with Gasteiger partial charge in [0.15, 0.2) is 0 Å². The molecule has 1 saturated heterocycles. The van der Waals surface area contributed by atoms with Crippen molar-refractivity contribution in [1.29, 1.82) is 0 Å². The molecule has 2 N–H and O–H groups in total. The van der Waals surface area contributed by atoms with E-state index in [0.717, 1.165) is 6.42 Å². The SMILES string of the molecule is CNC(Cc1cccc(O)c1)C(C)(C)N1CCCC1. The monoisotopic (exact) mass is 262 g/mol. The van der Waals surface area contributed by atoms with E-state index in [0.29, 0.717) is 11.8 Å². The minimum atomic E-state index is 0.136. The largest absolute Gasteiger partial charge is 0.508 e. The summed E-state index contributed by atoms with van der Waals surface area (Å²) in [5.74, 6) is 0.353. The molecule has 2 rings (SSSR count). The van der Waals surface area contributed by atoms with Crippen LogP contribution in [0.15, 0.2) is 24.3 Å². The van der Waals surface area contributed by atoms with Crippen molar-refractivity contribution in [3.8, 4) is 5.75 Å². The van der Waals surface area contributed by atoms with Crippen LogP contribution in [0.3, 0.4) is 0 Å². The quantitative estimate of drug-likeness (QED) is 0.855. The maximum absolute atomic E-state index is 9.58. The number of hydrogen-bond donors (Lipinski definition) is 2. The van der Waals surface area contributed by atoms with E-state index in [1.165, 1.54) is 31.5 Å². The molecule has 0 saturated carbocycles. The molecule has 3 nitrogen and oxygen atoms in total. The minimum Gasteiger partial charge on any atom is -0.508 e. The fraction of sp³-hybridized carbons (Fsp3) is 0.625. The van der Waals surface area contributed by atoms with Gasteiger partial charge in [0.25, 0.3) is 0 Å². The zero-order chi connectivity index (χ0) is 13.9. The third-order valence-corrected chi connectivity index (χ3v) is 4.47. The molecule has 19 heavy (non-hydrogen) atoms. The van der Waals surface area contributed by atoms with Crippen molar-refractivity contribution in [2.75, 3.05) is 20.1 Å². The Hall–Kier alpha value is -1.06. The molecule has 0 spiro atoms. The number of hydrogen-bond acceptors (Lipinski definition) is 3. The van der Waals surface area contributed by atoms with Gasteiger partial charge in [0, 0.05) is 11.6 Å². The van der Waals surface area contributed by atoms with Crippen LogP contribution in [0.2, 0.25) is 0 Å². The Kier molecular flexibility index (Phi) is 4.48. The van der Waals surface area contributed by atoms with Crippen LogP contribution < -0.4 is 5.32 Å². The summed E-state index contributed by atoms with van der Waals surface area (Å²) in [6, 6.07) is 7.98. The van der Waals surface area contributed by atoms with Gasteiger partial charge in [0.2, 0.25) is 0 Å². The molecule has 3 heteroatoms. The molecule has 1 unspecified atom stereocenters. The van der Waals surface area contributed by atoms with Crippen LogP contribution in [0.25, 0.3) is 0 Å². The van der Waals surface area contributed by atoms with Crippen molar-refractivity contribution in [3.63, 3.8) is 0 Å². The van der Waals surface area contributed by atoms with Crippen molar-refractivity contribution < 1.29 is 5.11 Å². The zero-order valence-corrected chi connectivity index (χ0v) is 12.3. The normalized spacial score (nSPS) is 18.7. The summed E-state index contributed by atoms with van der Waals surface area (Å²) in [6.45, 7) is 7.04. The van der Waals surface area contributed by atoms with E-state index < -0.39 is 0 Å². The summed E-state index contributed by atoms with van der Waals surface area (Å²) in [6.07, 6.45) is 3.56. The smallest absolute Gasteiger partial charge is 0.115 e. The molecule has 1 aliphatic heterocycles. The van der Waals surface area contributed by atoms with E-state index in [4.69, 9.17) is 0 Å². The van der Waals surface area contributed by atoms with Gasteiger partial charge in [-0.2, -0.15) is 0 Å². The van der Waals surface area contributed by atoms with E-state index in [1.54, 1.807) is 6.07 Å². The lowest BCUT2D eigenvalue weighted by atomic mass is 9.87. The number of likely N-dealkylation sites (N-methyl/N-ethyl adjacent to an activating group) is 1. The Morgan fingerprint density at radius 2 is 2.00 bits per heavy atom. The average molecular weight is 262 g/mol. The van der Waals surface area contributed by atoms with Crippen LogP contribution >= 0.6 is 0 Å². The van der Waals surface area contributed by atoms with Crippen LogP contribution in [0.4, 0.5) is 0 Å². The minimum absolute atomic E-state index is 0.136. The fourth-order valence-electron chi connectivity index (χ4n) is 3.14. The molecule has 1 aromatic rings. The summed E-state index contributed by atoms with van der Waals surface area (Å²) in [5.41, 5.74) is 1.32. The fourth-order valence-corrected chi connectivity index (χ4v) is 3.14. The highest BCUT2D eigenvalue weighted by Gasteiger charge is 2.35. The van der Waals surface area contributed by atoms with Crippen LogP contribution in [0.1, 0.15) is 32.3 Å². The molecule has 1 aliphatic rings. The van der Waals surface area contributed by atoms with Gasteiger partial charge in [-0.05, 0) is 70.9 Å². The number of likely N-dealkylation sites (tertiary alicyclic amines) is 1. The van der Waals surface area contributed by atoms with Crippen LogP contribution in [-0.4, -0.2) is 41.7 Å². The topological polar surface area (TPSA) is 35.5 Å². The number of phenols is 1. The summed E-state index contributed by atoms with van der Waals surface area (Å²) in [4.78, 5) is 2.58. The molecule has 1 heterocycles. The van der Waals surface area contributed by atoms with Crippen LogP contribution in [-0.2, 0) is 6.42 Å². The first-order valence-electron chi connectivity index (χ1n) is 7.24. The van der Waals surface area contributed by atoms with Gasteiger partial charge in [0.05, 0.1) is 0 Å². The molecular weight excluding hydrogens is 236 g/mol. The van der Waals surface area contributed by atoms with Crippen LogP contribution in [0.5, 0.6) is 5.75 Å². The second-order valence-corrected chi connectivity index (χ2v) is 6.06. The molecule has 0 radical (unpaired) electrons. The molecule has 106 valence electrons. The number of rotatable bonds is 5. The maximum atomic E-state index is 9.58. The summed E-state index contributed by atoms with van der Waals surface area (Å²) in [5, 5.41) is 13.0. The predicted octanol–water partition coefficient (Wildman–Crippen LogP) is 2.40. The van der Waals surface area contributed by atoms with Gasteiger partial charge in [-0.15, -0.1) is 0 Å². The van der Waals surface area contributed by atoms with Crippen LogP contribution in [0, 0.1) is 0 Å². The first kappa shape index (κ1) is 14.4. The van der Waals surface area contributed by atoms with Crippen molar-refractivity contribution >= 4 is 0 Å². The third-order valence-electron chi connectivity index (χ3n) is 4.47. The van der Waals surface area contributed by atoms with Crippen molar-refractivity contribution in [2.45, 2.75) is 44.7 Å². The zero-order valence-electron chi connectivity index (χ0n) is 12.3. The summed E-state index contributed by atoms with van der Waals surface area (Å²) >= 11 is 0. The first-order valence-corrected chi connectivity index (χ1v) is 7.24. The van der Waals surface area contributed by atoms with Gasteiger partial charge in [-0.1, -0.05) is 12.1 Å². The van der Waals surface area contributed by atoms with Gasteiger partial charge < -0.3 is 10.4 Å². The highest BCUT2D eigenvalue weighted by Crippen LogP contribution is 2.26. The highest BCUT2D eigenvalue weighted by molar-refractivity contribution is 5.28. The second-order valence-electron chi connectivity index (χ2n) is 6.06. The molecule has 0 bridgehead atoms. The van der Waals surface area contributed by atoms with E-state index in [9.17, 15) is 5.11 Å². The van der Waals surface area contributed by atoms with Gasteiger partial charge in [-0.3, -0.25) is 4.90 Å². The van der Waals surface area contributed by atoms with E-state index in [-0.39, 0.29) is 5.54 Å². The average Bonchev–Trinajstić information content (AvgIpc) is 2.90. The number of nitrogens with one attached hydrogen (secondary N) is 1.